The van der Waals surface area contributed by atoms with Crippen LogP contribution in [-0.4, -0.2) is 0 Å². The molecule has 0 fully saturated rings. The summed E-state index contributed by atoms with van der Waals surface area (Å²) in [6.07, 6.45) is 16.6. The second-order valence-corrected chi connectivity index (χ2v) is 3.62. The third-order valence-electron chi connectivity index (χ3n) is 2.45. The van der Waals surface area contributed by atoms with Gasteiger partial charge in [-0.1, -0.05) is 48.6 Å². The highest BCUT2D eigenvalue weighted by molar-refractivity contribution is 5.36. The van der Waals surface area contributed by atoms with E-state index in [-0.39, 0.29) is 5.41 Å². The summed E-state index contributed by atoms with van der Waals surface area (Å²) in [5.74, 6) is 0. The van der Waals surface area contributed by atoms with Crippen LogP contribution in [0.2, 0.25) is 0 Å². The minimum Gasteiger partial charge on any atom is -0.102 e. The van der Waals surface area contributed by atoms with Crippen LogP contribution in [0.15, 0.2) is 60.8 Å². The quantitative estimate of drug-likeness (QED) is 0.442. The Bertz CT molecular complexity index is 300. The highest BCUT2D eigenvalue weighted by atomic mass is 14.2. The summed E-state index contributed by atoms with van der Waals surface area (Å²) in [6.45, 7) is 12.2. The summed E-state index contributed by atoms with van der Waals surface area (Å²) >= 11 is 0. The van der Waals surface area contributed by atoms with Crippen LogP contribution in [0.3, 0.4) is 0 Å². The summed E-state index contributed by atoms with van der Waals surface area (Å²) in [6, 6.07) is 0. The number of hydrogen-bond acceptors (Lipinski definition) is 0. The molecule has 0 heteroatoms. The molecule has 0 heterocycles. The van der Waals surface area contributed by atoms with Crippen LogP contribution >= 0.6 is 0 Å². The van der Waals surface area contributed by atoms with Gasteiger partial charge in [-0.15, -0.1) is 6.58 Å². The van der Waals surface area contributed by atoms with Gasteiger partial charge in [-0.2, -0.15) is 0 Å². The van der Waals surface area contributed by atoms with E-state index in [0.29, 0.717) is 0 Å². The Morgan fingerprint density at radius 2 is 1.73 bits per heavy atom. The molecule has 0 nitrogen and oxygen atoms in total. The zero-order valence-corrected chi connectivity index (χ0v) is 10.3. The lowest BCUT2D eigenvalue weighted by molar-refractivity contribution is 0.680. The summed E-state index contributed by atoms with van der Waals surface area (Å²) < 4.78 is 0. The largest absolute Gasteiger partial charge is 0.102 e. The maximum Gasteiger partial charge on any atom is 0.0277 e. The van der Waals surface area contributed by atoms with Gasteiger partial charge in [0.15, 0.2) is 0 Å². The molecule has 82 valence electrons. The maximum atomic E-state index is 3.90. The van der Waals surface area contributed by atoms with E-state index in [0.717, 1.165) is 0 Å². The first-order valence-electron chi connectivity index (χ1n) is 5.38. The van der Waals surface area contributed by atoms with E-state index in [1.165, 1.54) is 5.57 Å². The molecule has 0 aromatic heterocycles. The standard InChI is InChI=1S/C15H22/c1-6-10-11-12-14(8-3)15(5,9-4)13-7-2/h6-13H,4H2,1-3,5H3/b10-6-,12-11-,13-7-,14-8-. The van der Waals surface area contributed by atoms with Crippen molar-refractivity contribution in [1.29, 1.82) is 0 Å². The first kappa shape index (κ1) is 13.7. The molecule has 0 aromatic carbocycles. The van der Waals surface area contributed by atoms with Crippen molar-refractivity contribution in [2.45, 2.75) is 27.7 Å². The van der Waals surface area contributed by atoms with Crippen molar-refractivity contribution in [3.8, 4) is 0 Å². The third kappa shape index (κ3) is 4.16. The predicted molar refractivity (Wildman–Crippen MR) is 70.8 cm³/mol. The number of hydrogen-bond donors (Lipinski definition) is 0. The molecule has 0 aliphatic rings. The maximum absolute atomic E-state index is 3.90. The fourth-order valence-corrected chi connectivity index (χ4v) is 1.49. The van der Waals surface area contributed by atoms with Crippen molar-refractivity contribution in [2.75, 3.05) is 0 Å². The van der Waals surface area contributed by atoms with Gasteiger partial charge in [0.1, 0.15) is 0 Å². The lowest BCUT2D eigenvalue weighted by Crippen LogP contribution is -2.11. The molecule has 1 atom stereocenters. The van der Waals surface area contributed by atoms with E-state index in [2.05, 4.69) is 50.8 Å². The van der Waals surface area contributed by atoms with Gasteiger partial charge in [-0.05, 0) is 33.3 Å². The van der Waals surface area contributed by atoms with Gasteiger partial charge in [0.05, 0.1) is 0 Å². The molecule has 0 saturated heterocycles. The first-order chi connectivity index (χ1) is 7.14. The molecule has 0 rings (SSSR count). The minimum atomic E-state index is -0.0679. The fraction of sp³-hybridized carbons (Fsp3) is 0.333. The van der Waals surface area contributed by atoms with Crippen LogP contribution in [-0.2, 0) is 0 Å². The highest BCUT2D eigenvalue weighted by Gasteiger charge is 2.18. The summed E-state index contributed by atoms with van der Waals surface area (Å²) in [5.41, 5.74) is 1.19. The van der Waals surface area contributed by atoms with Gasteiger partial charge >= 0.3 is 0 Å². The summed E-state index contributed by atoms with van der Waals surface area (Å²) in [5, 5.41) is 0. The Balaban J connectivity index is 5.02. The van der Waals surface area contributed by atoms with Crippen LogP contribution in [0.1, 0.15) is 27.7 Å². The highest BCUT2D eigenvalue weighted by Crippen LogP contribution is 2.30. The molecule has 0 spiro atoms. The number of rotatable bonds is 5. The SMILES string of the molecule is C=CC(C)(/C=C\C)C(/C=C\C=C/C)=C\C. The molecule has 0 aliphatic heterocycles. The van der Waals surface area contributed by atoms with Crippen LogP contribution in [0.5, 0.6) is 0 Å². The van der Waals surface area contributed by atoms with E-state index < -0.39 is 0 Å². The lowest BCUT2D eigenvalue weighted by atomic mass is 9.81. The molecular weight excluding hydrogens is 180 g/mol. The minimum absolute atomic E-state index is 0.0679. The fourth-order valence-electron chi connectivity index (χ4n) is 1.49. The zero-order chi connectivity index (χ0) is 11.7. The Morgan fingerprint density at radius 3 is 2.13 bits per heavy atom. The Hall–Kier alpha value is -1.30. The van der Waals surface area contributed by atoms with Gasteiger partial charge in [0, 0.05) is 5.41 Å². The monoisotopic (exact) mass is 202 g/mol. The Labute approximate surface area is 94.4 Å². The second-order valence-electron chi connectivity index (χ2n) is 3.62. The average molecular weight is 202 g/mol. The smallest absolute Gasteiger partial charge is 0.0277 e. The summed E-state index contributed by atoms with van der Waals surface area (Å²) in [4.78, 5) is 0. The van der Waals surface area contributed by atoms with Crippen molar-refractivity contribution in [3.63, 3.8) is 0 Å². The Kier molecular flexibility index (Phi) is 6.44. The van der Waals surface area contributed by atoms with Crippen LogP contribution < -0.4 is 0 Å². The molecule has 0 N–H and O–H groups in total. The van der Waals surface area contributed by atoms with Gasteiger partial charge in [-0.3, -0.25) is 0 Å². The lowest BCUT2D eigenvalue weighted by Gasteiger charge is -2.23. The average Bonchev–Trinajstić information content (AvgIpc) is 2.24. The molecule has 15 heavy (non-hydrogen) atoms. The first-order valence-corrected chi connectivity index (χ1v) is 5.38. The van der Waals surface area contributed by atoms with Crippen molar-refractivity contribution >= 4 is 0 Å². The number of allylic oxidation sites excluding steroid dienone is 9. The van der Waals surface area contributed by atoms with E-state index in [9.17, 15) is 0 Å². The van der Waals surface area contributed by atoms with E-state index in [1.807, 2.05) is 32.1 Å². The third-order valence-corrected chi connectivity index (χ3v) is 2.45. The van der Waals surface area contributed by atoms with Crippen LogP contribution in [0.4, 0.5) is 0 Å². The molecular formula is C15H22. The molecule has 0 aromatic rings. The van der Waals surface area contributed by atoms with Gasteiger partial charge in [-0.25, -0.2) is 0 Å². The van der Waals surface area contributed by atoms with Crippen LogP contribution in [0, 0.1) is 5.41 Å². The predicted octanol–water partition coefficient (Wildman–Crippen LogP) is 4.83. The van der Waals surface area contributed by atoms with Gasteiger partial charge in [0.25, 0.3) is 0 Å². The normalized spacial score (nSPS) is 17.7. The van der Waals surface area contributed by atoms with Crippen molar-refractivity contribution < 1.29 is 0 Å². The molecule has 0 bridgehead atoms. The van der Waals surface area contributed by atoms with Crippen molar-refractivity contribution in [1.82, 2.24) is 0 Å². The Morgan fingerprint density at radius 1 is 1.07 bits per heavy atom. The van der Waals surface area contributed by atoms with E-state index >= 15 is 0 Å². The van der Waals surface area contributed by atoms with E-state index in [4.69, 9.17) is 0 Å². The van der Waals surface area contributed by atoms with E-state index in [1.54, 1.807) is 0 Å². The topological polar surface area (TPSA) is 0 Å². The molecule has 0 saturated carbocycles. The zero-order valence-electron chi connectivity index (χ0n) is 10.3. The van der Waals surface area contributed by atoms with Crippen molar-refractivity contribution in [3.05, 3.63) is 60.8 Å². The molecule has 0 amide bonds. The van der Waals surface area contributed by atoms with Gasteiger partial charge in [0.2, 0.25) is 0 Å². The van der Waals surface area contributed by atoms with Crippen molar-refractivity contribution in [2.24, 2.45) is 5.41 Å². The molecule has 0 radical (unpaired) electrons. The van der Waals surface area contributed by atoms with Gasteiger partial charge < -0.3 is 0 Å². The summed E-state index contributed by atoms with van der Waals surface area (Å²) in [7, 11) is 0. The molecule has 1 unspecified atom stereocenters. The van der Waals surface area contributed by atoms with Crippen LogP contribution in [0.25, 0.3) is 0 Å². The molecule has 0 aliphatic carbocycles. The second kappa shape index (κ2) is 7.05.